The molecule has 4 rings (SSSR count). The molecule has 0 N–H and O–H groups in total. The highest BCUT2D eigenvalue weighted by atomic mass is 35.5. The number of carbonyl (C=O) groups excluding carboxylic acids is 1. The van der Waals surface area contributed by atoms with Crippen LogP contribution < -0.4 is 9.54 Å². The van der Waals surface area contributed by atoms with E-state index >= 15 is 0 Å². The number of hydrogen-bond donors (Lipinski definition) is 0. The molecule has 11 heteroatoms. The van der Waals surface area contributed by atoms with Gasteiger partial charge in [0.2, 0.25) is 4.80 Å². The van der Waals surface area contributed by atoms with Gasteiger partial charge in [-0.2, -0.15) is 23.3 Å². The molecule has 1 saturated carbocycles. The number of nitrogens with zero attached hydrogens (tertiary/aromatic N) is 3. The van der Waals surface area contributed by atoms with E-state index in [9.17, 15) is 18.0 Å². The summed E-state index contributed by atoms with van der Waals surface area (Å²) in [4.78, 5) is 17.1. The van der Waals surface area contributed by atoms with Gasteiger partial charge >= 0.3 is 6.18 Å². The van der Waals surface area contributed by atoms with Crippen LogP contribution in [0.25, 0.3) is 0 Å². The number of benzene rings is 1. The topological polar surface area (TPSA) is 65.7 Å². The molecule has 1 aromatic heterocycles. The van der Waals surface area contributed by atoms with Crippen LogP contribution in [0.3, 0.4) is 0 Å². The maximum absolute atomic E-state index is 13.9. The van der Waals surface area contributed by atoms with Gasteiger partial charge in [-0.25, -0.2) is 4.68 Å². The van der Waals surface area contributed by atoms with E-state index < -0.39 is 17.5 Å². The largest absolute Gasteiger partial charge is 0.496 e. The normalized spacial score (nSPS) is 21.2. The highest BCUT2D eigenvalue weighted by Gasteiger charge is 2.61. The summed E-state index contributed by atoms with van der Waals surface area (Å²) in [5.74, 6) is -0.385. The van der Waals surface area contributed by atoms with Crippen LogP contribution in [-0.4, -0.2) is 41.7 Å². The number of carbonyl (C=O) groups is 1. The van der Waals surface area contributed by atoms with E-state index in [0.29, 0.717) is 18.1 Å². The molecular formula is C20H21ClF3N3O3S. The van der Waals surface area contributed by atoms with Crippen molar-refractivity contribution in [1.82, 2.24) is 9.78 Å². The van der Waals surface area contributed by atoms with Gasteiger partial charge in [-0.05, 0) is 43.9 Å². The first kappa shape index (κ1) is 22.3. The summed E-state index contributed by atoms with van der Waals surface area (Å²) in [6, 6.07) is 4.53. The van der Waals surface area contributed by atoms with Crippen molar-refractivity contribution in [3.8, 4) is 5.75 Å². The van der Waals surface area contributed by atoms with Crippen LogP contribution in [0, 0.1) is 0 Å². The van der Waals surface area contributed by atoms with Gasteiger partial charge in [0.05, 0.1) is 25.3 Å². The molecule has 1 atom stereocenters. The molecule has 1 saturated heterocycles. The van der Waals surface area contributed by atoms with Crippen LogP contribution in [0.4, 0.5) is 13.2 Å². The fourth-order valence-corrected chi connectivity index (χ4v) is 5.18. The Hall–Kier alpha value is -1.91. The number of methoxy groups -OCH3 is 1. The van der Waals surface area contributed by atoms with Crippen LogP contribution in [0.15, 0.2) is 23.2 Å². The zero-order chi connectivity index (χ0) is 22.2. The van der Waals surface area contributed by atoms with E-state index in [2.05, 4.69) is 10.1 Å². The smallest absolute Gasteiger partial charge is 0.400 e. The summed E-state index contributed by atoms with van der Waals surface area (Å²) in [7, 11) is 1.41. The van der Waals surface area contributed by atoms with Crippen molar-refractivity contribution in [1.29, 1.82) is 0 Å². The molecule has 0 spiro atoms. The molecule has 31 heavy (non-hydrogen) atoms. The second-order valence-electron chi connectivity index (χ2n) is 7.70. The molecule has 2 fully saturated rings. The van der Waals surface area contributed by atoms with Crippen molar-refractivity contribution in [2.24, 2.45) is 4.99 Å². The first-order valence-corrected chi connectivity index (χ1v) is 11.1. The van der Waals surface area contributed by atoms with E-state index in [1.54, 1.807) is 6.07 Å². The number of ether oxygens (including phenoxy) is 2. The lowest BCUT2D eigenvalue weighted by Crippen LogP contribution is -2.48. The predicted molar refractivity (Wildman–Crippen MR) is 109 cm³/mol. The minimum absolute atomic E-state index is 0.0144. The number of hydrogen-bond acceptors (Lipinski definition) is 5. The fraction of sp³-hybridized carbons (Fsp3) is 0.550. The minimum Gasteiger partial charge on any atom is -0.496 e. The molecular weight excluding hydrogens is 455 g/mol. The van der Waals surface area contributed by atoms with Crippen LogP contribution in [0.2, 0.25) is 5.02 Å². The van der Waals surface area contributed by atoms with Crippen molar-refractivity contribution < 1.29 is 27.4 Å². The molecule has 2 aliphatic rings. The Labute approximate surface area is 185 Å². The second kappa shape index (κ2) is 8.55. The Morgan fingerprint density at radius 1 is 1.42 bits per heavy atom. The number of alkyl halides is 3. The number of halogens is 4. The maximum Gasteiger partial charge on any atom is 0.400 e. The number of amides is 1. The SMILES string of the molecule is COc1ccc(Cl)cc1C(=O)N=c1sc(C2(C(F)(F)F)CCC2)nn1CC1CCCO1. The van der Waals surface area contributed by atoms with Crippen molar-refractivity contribution in [2.45, 2.75) is 56.3 Å². The van der Waals surface area contributed by atoms with Gasteiger partial charge in [0.1, 0.15) is 16.2 Å². The summed E-state index contributed by atoms with van der Waals surface area (Å²) in [6.45, 7) is 0.836. The van der Waals surface area contributed by atoms with E-state index in [0.717, 1.165) is 24.2 Å². The van der Waals surface area contributed by atoms with Gasteiger partial charge in [-0.1, -0.05) is 29.4 Å². The zero-order valence-corrected chi connectivity index (χ0v) is 18.3. The molecule has 0 bridgehead atoms. The Morgan fingerprint density at radius 2 is 2.19 bits per heavy atom. The number of rotatable bonds is 5. The Morgan fingerprint density at radius 3 is 2.77 bits per heavy atom. The lowest BCUT2D eigenvalue weighted by molar-refractivity contribution is -0.213. The molecule has 2 heterocycles. The molecule has 6 nitrogen and oxygen atoms in total. The lowest BCUT2D eigenvalue weighted by Gasteiger charge is -2.40. The van der Waals surface area contributed by atoms with Crippen LogP contribution >= 0.6 is 22.9 Å². The second-order valence-corrected chi connectivity index (χ2v) is 9.09. The highest BCUT2D eigenvalue weighted by Crippen LogP contribution is 2.54. The standard InChI is InChI=1S/C20H21ClF3N3O3S/c1-29-15-6-5-12(21)10-14(15)16(28)25-18-27(11-13-4-2-9-30-13)26-17(31-18)19(7-3-8-19)20(22,23)24/h5-6,10,13H,2-4,7-9,11H2,1H3. The zero-order valence-electron chi connectivity index (χ0n) is 16.7. The molecule has 0 radical (unpaired) electrons. The molecule has 1 aliphatic heterocycles. The van der Waals surface area contributed by atoms with Gasteiger partial charge in [-0.3, -0.25) is 4.79 Å². The van der Waals surface area contributed by atoms with Gasteiger partial charge in [0.25, 0.3) is 5.91 Å². The van der Waals surface area contributed by atoms with Gasteiger partial charge < -0.3 is 9.47 Å². The van der Waals surface area contributed by atoms with Crippen LogP contribution in [0.1, 0.15) is 47.5 Å². The Balaban J connectivity index is 1.77. The summed E-state index contributed by atoms with van der Waals surface area (Å²) in [5.41, 5.74) is -1.84. The van der Waals surface area contributed by atoms with Gasteiger partial charge in [0, 0.05) is 11.6 Å². The maximum atomic E-state index is 13.9. The third-order valence-corrected chi connectivity index (χ3v) is 7.15. The minimum atomic E-state index is -4.41. The Kier molecular flexibility index (Phi) is 6.15. The van der Waals surface area contributed by atoms with E-state index in [1.165, 1.54) is 23.9 Å². The van der Waals surface area contributed by atoms with E-state index in [4.69, 9.17) is 21.1 Å². The monoisotopic (exact) mass is 475 g/mol. The molecule has 1 aromatic carbocycles. The first-order valence-electron chi connectivity index (χ1n) is 9.93. The third kappa shape index (κ3) is 4.25. The van der Waals surface area contributed by atoms with Gasteiger partial charge in [0.15, 0.2) is 0 Å². The van der Waals surface area contributed by atoms with Crippen molar-refractivity contribution in [2.75, 3.05) is 13.7 Å². The first-order chi connectivity index (χ1) is 14.7. The summed E-state index contributed by atoms with van der Waals surface area (Å²) in [5, 5.41) is 4.53. The third-order valence-electron chi connectivity index (χ3n) is 5.77. The highest BCUT2D eigenvalue weighted by molar-refractivity contribution is 7.09. The lowest BCUT2D eigenvalue weighted by atomic mass is 9.68. The van der Waals surface area contributed by atoms with Crippen LogP contribution in [0.5, 0.6) is 5.75 Å². The fourth-order valence-electron chi connectivity index (χ4n) is 3.83. The number of aromatic nitrogens is 2. The van der Waals surface area contributed by atoms with Crippen molar-refractivity contribution in [3.05, 3.63) is 38.6 Å². The predicted octanol–water partition coefficient (Wildman–Crippen LogP) is 4.51. The molecule has 1 unspecified atom stereocenters. The van der Waals surface area contributed by atoms with Crippen LogP contribution in [-0.2, 0) is 16.7 Å². The molecule has 168 valence electrons. The molecule has 2 aromatic rings. The average Bonchev–Trinajstić information content (AvgIpc) is 3.30. The summed E-state index contributed by atoms with van der Waals surface area (Å²) in [6.07, 6.45) is -2.48. The summed E-state index contributed by atoms with van der Waals surface area (Å²) >= 11 is 6.81. The van der Waals surface area contributed by atoms with E-state index in [1.807, 2.05) is 0 Å². The average molecular weight is 476 g/mol. The Bertz CT molecular complexity index is 1040. The van der Waals surface area contributed by atoms with E-state index in [-0.39, 0.29) is 46.6 Å². The van der Waals surface area contributed by atoms with Crippen molar-refractivity contribution in [3.63, 3.8) is 0 Å². The van der Waals surface area contributed by atoms with Crippen molar-refractivity contribution >= 4 is 28.8 Å². The summed E-state index contributed by atoms with van der Waals surface area (Å²) < 4.78 is 53.8. The molecule has 1 aliphatic carbocycles. The molecule has 1 amide bonds. The van der Waals surface area contributed by atoms with Gasteiger partial charge in [-0.15, -0.1) is 0 Å². The quantitative estimate of drug-likeness (QED) is 0.638.